The largest absolute Gasteiger partial charge is 0.330 e. The highest BCUT2D eigenvalue weighted by Crippen LogP contribution is 2.03. The molecule has 0 unspecified atom stereocenters. The molecule has 0 aliphatic rings. The van der Waals surface area contributed by atoms with Gasteiger partial charge in [-0.3, -0.25) is 0 Å². The first-order valence-corrected chi connectivity index (χ1v) is 5.66. The first-order chi connectivity index (χ1) is 6.22. The standard InChI is InChI=1S/C11H26N2/c1-4-9-13(11(2)3)10-7-5-6-8-12/h11H,4-10,12H2,1-3H3. The third-order valence-corrected chi connectivity index (χ3v) is 2.39. The van der Waals surface area contributed by atoms with Crippen molar-refractivity contribution in [2.75, 3.05) is 19.6 Å². The Bertz CT molecular complexity index is 102. The maximum atomic E-state index is 5.45. The van der Waals surface area contributed by atoms with Crippen molar-refractivity contribution in [2.24, 2.45) is 5.73 Å². The molecule has 0 fully saturated rings. The molecule has 0 heterocycles. The Hall–Kier alpha value is -0.0800. The maximum absolute atomic E-state index is 5.45. The van der Waals surface area contributed by atoms with Gasteiger partial charge in [0.15, 0.2) is 0 Å². The lowest BCUT2D eigenvalue weighted by Gasteiger charge is -2.25. The van der Waals surface area contributed by atoms with Crippen LogP contribution in [0.25, 0.3) is 0 Å². The number of nitrogens with two attached hydrogens (primary N) is 1. The Morgan fingerprint density at radius 1 is 1.08 bits per heavy atom. The zero-order chi connectivity index (χ0) is 10.1. The van der Waals surface area contributed by atoms with Crippen molar-refractivity contribution in [3.8, 4) is 0 Å². The Balaban J connectivity index is 3.45. The van der Waals surface area contributed by atoms with Crippen molar-refractivity contribution in [3.05, 3.63) is 0 Å². The zero-order valence-corrected chi connectivity index (χ0v) is 9.55. The van der Waals surface area contributed by atoms with E-state index in [1.165, 1.54) is 38.8 Å². The minimum Gasteiger partial charge on any atom is -0.330 e. The summed E-state index contributed by atoms with van der Waals surface area (Å²) in [4.78, 5) is 2.55. The molecule has 0 aromatic carbocycles. The van der Waals surface area contributed by atoms with Crippen LogP contribution < -0.4 is 5.73 Å². The maximum Gasteiger partial charge on any atom is 0.00385 e. The molecule has 0 rings (SSSR count). The van der Waals surface area contributed by atoms with Gasteiger partial charge in [-0.25, -0.2) is 0 Å². The first kappa shape index (κ1) is 12.9. The van der Waals surface area contributed by atoms with Gasteiger partial charge >= 0.3 is 0 Å². The molecule has 2 heteroatoms. The fourth-order valence-corrected chi connectivity index (χ4v) is 1.55. The predicted octanol–water partition coefficient (Wildman–Crippen LogP) is 2.24. The highest BCUT2D eigenvalue weighted by atomic mass is 15.1. The monoisotopic (exact) mass is 186 g/mol. The van der Waals surface area contributed by atoms with Gasteiger partial charge in [-0.2, -0.15) is 0 Å². The van der Waals surface area contributed by atoms with Crippen molar-refractivity contribution < 1.29 is 0 Å². The van der Waals surface area contributed by atoms with Crippen LogP contribution in [0.4, 0.5) is 0 Å². The fourth-order valence-electron chi connectivity index (χ4n) is 1.55. The van der Waals surface area contributed by atoms with E-state index in [1.54, 1.807) is 0 Å². The molecule has 0 atom stereocenters. The molecular weight excluding hydrogens is 160 g/mol. The summed E-state index contributed by atoms with van der Waals surface area (Å²) in [6, 6.07) is 0.692. The molecule has 80 valence electrons. The summed E-state index contributed by atoms with van der Waals surface area (Å²) in [7, 11) is 0. The van der Waals surface area contributed by atoms with Crippen LogP contribution in [0.3, 0.4) is 0 Å². The normalized spacial score (nSPS) is 11.5. The van der Waals surface area contributed by atoms with Gasteiger partial charge in [0.05, 0.1) is 0 Å². The van der Waals surface area contributed by atoms with E-state index in [0.717, 1.165) is 6.54 Å². The summed E-state index contributed by atoms with van der Waals surface area (Å²) < 4.78 is 0. The molecule has 13 heavy (non-hydrogen) atoms. The Labute approximate surface area is 83.5 Å². The summed E-state index contributed by atoms with van der Waals surface area (Å²) in [6.07, 6.45) is 5.02. The molecular formula is C11H26N2. The van der Waals surface area contributed by atoms with Gasteiger partial charge in [0, 0.05) is 6.04 Å². The summed E-state index contributed by atoms with van der Waals surface area (Å²) in [5.41, 5.74) is 5.45. The molecule has 2 N–H and O–H groups in total. The third kappa shape index (κ3) is 7.03. The molecule has 0 spiro atoms. The molecule has 2 nitrogen and oxygen atoms in total. The van der Waals surface area contributed by atoms with E-state index in [9.17, 15) is 0 Å². The smallest absolute Gasteiger partial charge is 0.00385 e. The average molecular weight is 186 g/mol. The van der Waals surface area contributed by atoms with Gasteiger partial charge in [0.1, 0.15) is 0 Å². The lowest BCUT2D eigenvalue weighted by molar-refractivity contribution is 0.217. The second kappa shape index (κ2) is 8.52. The topological polar surface area (TPSA) is 29.3 Å². The van der Waals surface area contributed by atoms with Gasteiger partial charge in [0.2, 0.25) is 0 Å². The highest BCUT2D eigenvalue weighted by molar-refractivity contribution is 4.61. The lowest BCUT2D eigenvalue weighted by atomic mass is 10.2. The van der Waals surface area contributed by atoms with E-state index >= 15 is 0 Å². The molecule has 0 aliphatic heterocycles. The van der Waals surface area contributed by atoms with E-state index in [-0.39, 0.29) is 0 Å². The van der Waals surface area contributed by atoms with E-state index in [0.29, 0.717) is 6.04 Å². The zero-order valence-electron chi connectivity index (χ0n) is 9.55. The van der Waals surface area contributed by atoms with Gasteiger partial charge in [-0.15, -0.1) is 0 Å². The van der Waals surface area contributed by atoms with Crippen molar-refractivity contribution >= 4 is 0 Å². The van der Waals surface area contributed by atoms with Gasteiger partial charge in [-0.05, 0) is 52.7 Å². The van der Waals surface area contributed by atoms with Gasteiger partial charge in [0.25, 0.3) is 0 Å². The number of unbranched alkanes of at least 4 members (excludes halogenated alkanes) is 2. The molecule has 0 bridgehead atoms. The first-order valence-electron chi connectivity index (χ1n) is 5.66. The number of nitrogens with zero attached hydrogens (tertiary/aromatic N) is 1. The molecule has 0 aliphatic carbocycles. The third-order valence-electron chi connectivity index (χ3n) is 2.39. The van der Waals surface area contributed by atoms with E-state index in [4.69, 9.17) is 5.73 Å². The van der Waals surface area contributed by atoms with Crippen molar-refractivity contribution in [1.82, 2.24) is 4.90 Å². The van der Waals surface area contributed by atoms with Crippen molar-refractivity contribution in [2.45, 2.75) is 52.5 Å². The average Bonchev–Trinajstić information content (AvgIpc) is 2.10. The van der Waals surface area contributed by atoms with Crippen LogP contribution in [-0.4, -0.2) is 30.6 Å². The SMILES string of the molecule is CCCN(CCCCCN)C(C)C. The summed E-state index contributed by atoms with van der Waals surface area (Å²) >= 11 is 0. The Morgan fingerprint density at radius 3 is 2.23 bits per heavy atom. The van der Waals surface area contributed by atoms with Crippen LogP contribution in [0.5, 0.6) is 0 Å². The Morgan fingerprint density at radius 2 is 1.77 bits per heavy atom. The van der Waals surface area contributed by atoms with Gasteiger partial charge < -0.3 is 10.6 Å². The van der Waals surface area contributed by atoms with Crippen LogP contribution >= 0.6 is 0 Å². The highest BCUT2D eigenvalue weighted by Gasteiger charge is 2.06. The van der Waals surface area contributed by atoms with Crippen LogP contribution in [0.15, 0.2) is 0 Å². The van der Waals surface area contributed by atoms with Crippen LogP contribution in [0.2, 0.25) is 0 Å². The van der Waals surface area contributed by atoms with E-state index < -0.39 is 0 Å². The van der Waals surface area contributed by atoms with Crippen molar-refractivity contribution in [3.63, 3.8) is 0 Å². The second-order valence-corrected chi connectivity index (χ2v) is 3.98. The number of hydrogen-bond acceptors (Lipinski definition) is 2. The molecule has 0 saturated heterocycles. The summed E-state index contributed by atoms with van der Waals surface area (Å²) in [6.45, 7) is 10.1. The minimum atomic E-state index is 0.692. The second-order valence-electron chi connectivity index (χ2n) is 3.98. The van der Waals surface area contributed by atoms with Gasteiger partial charge in [-0.1, -0.05) is 13.3 Å². The summed E-state index contributed by atoms with van der Waals surface area (Å²) in [5, 5.41) is 0. The quantitative estimate of drug-likeness (QED) is 0.589. The van der Waals surface area contributed by atoms with Crippen LogP contribution in [-0.2, 0) is 0 Å². The molecule has 0 aromatic rings. The Kier molecular flexibility index (Phi) is 8.46. The number of hydrogen-bond donors (Lipinski definition) is 1. The van der Waals surface area contributed by atoms with Crippen LogP contribution in [0, 0.1) is 0 Å². The molecule has 0 saturated carbocycles. The number of rotatable bonds is 8. The minimum absolute atomic E-state index is 0.692. The van der Waals surface area contributed by atoms with E-state index in [2.05, 4.69) is 25.7 Å². The van der Waals surface area contributed by atoms with Crippen LogP contribution in [0.1, 0.15) is 46.5 Å². The fraction of sp³-hybridized carbons (Fsp3) is 1.00. The lowest BCUT2D eigenvalue weighted by Crippen LogP contribution is -2.32. The predicted molar refractivity (Wildman–Crippen MR) is 59.9 cm³/mol. The van der Waals surface area contributed by atoms with Crippen molar-refractivity contribution in [1.29, 1.82) is 0 Å². The summed E-state index contributed by atoms with van der Waals surface area (Å²) in [5.74, 6) is 0. The molecule has 0 radical (unpaired) electrons. The molecule has 0 amide bonds. The molecule has 0 aromatic heterocycles. The van der Waals surface area contributed by atoms with E-state index in [1.807, 2.05) is 0 Å².